The molecule has 6 heteroatoms. The molecule has 27 heavy (non-hydrogen) atoms. The first kappa shape index (κ1) is 17.2. The van der Waals surface area contributed by atoms with Crippen LogP contribution in [0.1, 0.15) is 5.69 Å². The zero-order valence-electron chi connectivity index (χ0n) is 14.8. The van der Waals surface area contributed by atoms with Crippen LogP contribution < -0.4 is 10.2 Å². The third-order valence-corrected chi connectivity index (χ3v) is 4.39. The van der Waals surface area contributed by atoms with Gasteiger partial charge in [0.1, 0.15) is 0 Å². The summed E-state index contributed by atoms with van der Waals surface area (Å²) in [7, 11) is 0. The van der Waals surface area contributed by atoms with E-state index in [4.69, 9.17) is 4.74 Å². The third kappa shape index (κ3) is 4.12. The molecule has 4 rings (SSSR count). The zero-order chi connectivity index (χ0) is 18.5. The predicted molar refractivity (Wildman–Crippen MR) is 107 cm³/mol. The van der Waals surface area contributed by atoms with Crippen LogP contribution in [0.3, 0.4) is 0 Å². The molecule has 136 valence electrons. The first-order chi connectivity index (χ1) is 13.3. The number of nitrogens with one attached hydrogen (secondary N) is 1. The van der Waals surface area contributed by atoms with Crippen molar-refractivity contribution in [3.8, 4) is 0 Å². The maximum Gasteiger partial charge on any atom is 0.248 e. The number of para-hydroxylation sites is 4. The van der Waals surface area contributed by atoms with Gasteiger partial charge < -0.3 is 15.0 Å². The summed E-state index contributed by atoms with van der Waals surface area (Å²) in [6.07, 6.45) is 4.81. The maximum absolute atomic E-state index is 12.4. The van der Waals surface area contributed by atoms with Gasteiger partial charge in [-0.15, -0.1) is 0 Å². The normalized spacial score (nSPS) is 14.6. The van der Waals surface area contributed by atoms with Crippen LogP contribution in [-0.2, 0) is 9.53 Å². The lowest BCUT2D eigenvalue weighted by molar-refractivity contribution is -0.111. The molecule has 0 unspecified atom stereocenters. The molecule has 0 bridgehead atoms. The quantitative estimate of drug-likeness (QED) is 0.724. The number of fused-ring (bicyclic) bond motifs is 1. The molecule has 1 N–H and O–H groups in total. The molecule has 6 nitrogen and oxygen atoms in total. The molecule has 2 aromatic carbocycles. The lowest BCUT2D eigenvalue weighted by Crippen LogP contribution is -2.36. The highest BCUT2D eigenvalue weighted by atomic mass is 16.5. The molecule has 1 aromatic heterocycles. The van der Waals surface area contributed by atoms with E-state index in [-0.39, 0.29) is 5.91 Å². The molecule has 1 aliphatic rings. The van der Waals surface area contributed by atoms with Crippen LogP contribution in [0.25, 0.3) is 17.1 Å². The summed E-state index contributed by atoms with van der Waals surface area (Å²) in [6.45, 7) is 3.02. The molecule has 0 saturated carbocycles. The number of hydrogen-bond acceptors (Lipinski definition) is 5. The molecule has 1 aliphatic heterocycles. The van der Waals surface area contributed by atoms with E-state index in [1.165, 1.54) is 6.08 Å². The Kier molecular flexibility index (Phi) is 5.07. The summed E-state index contributed by atoms with van der Waals surface area (Å²) in [6, 6.07) is 15.5. The minimum absolute atomic E-state index is 0.203. The fraction of sp³-hybridized carbons (Fsp3) is 0.190. The number of morpholine rings is 1. The van der Waals surface area contributed by atoms with Crippen molar-refractivity contribution < 1.29 is 9.53 Å². The van der Waals surface area contributed by atoms with Gasteiger partial charge in [0, 0.05) is 19.2 Å². The zero-order valence-corrected chi connectivity index (χ0v) is 14.8. The highest BCUT2D eigenvalue weighted by Crippen LogP contribution is 2.26. The van der Waals surface area contributed by atoms with E-state index in [0.717, 1.165) is 35.5 Å². The summed E-state index contributed by atoms with van der Waals surface area (Å²) in [5.41, 5.74) is 4.08. The van der Waals surface area contributed by atoms with Gasteiger partial charge in [0.2, 0.25) is 5.91 Å². The highest BCUT2D eigenvalue weighted by Gasteiger charge is 2.15. The summed E-state index contributed by atoms with van der Waals surface area (Å²) < 4.78 is 5.41. The molecule has 0 atom stereocenters. The number of hydrogen-bond donors (Lipinski definition) is 1. The third-order valence-electron chi connectivity index (χ3n) is 4.39. The monoisotopic (exact) mass is 360 g/mol. The Morgan fingerprint density at radius 3 is 2.63 bits per heavy atom. The second kappa shape index (κ2) is 7.97. The fourth-order valence-corrected chi connectivity index (χ4v) is 3.05. The van der Waals surface area contributed by atoms with Crippen LogP contribution >= 0.6 is 0 Å². The topological polar surface area (TPSA) is 67.4 Å². The predicted octanol–water partition coefficient (Wildman–Crippen LogP) is 3.12. The number of aromatic nitrogens is 2. The summed E-state index contributed by atoms with van der Waals surface area (Å²) >= 11 is 0. The molecule has 1 fully saturated rings. The maximum atomic E-state index is 12.4. The van der Waals surface area contributed by atoms with Crippen LogP contribution in [0, 0.1) is 0 Å². The van der Waals surface area contributed by atoms with Gasteiger partial charge in [-0.3, -0.25) is 9.78 Å². The molecule has 2 heterocycles. The van der Waals surface area contributed by atoms with Crippen LogP contribution in [0.2, 0.25) is 0 Å². The summed E-state index contributed by atoms with van der Waals surface area (Å²) in [5.74, 6) is -0.203. The first-order valence-corrected chi connectivity index (χ1v) is 8.92. The van der Waals surface area contributed by atoms with Gasteiger partial charge in [-0.2, -0.15) is 0 Å². The van der Waals surface area contributed by atoms with E-state index in [1.807, 2.05) is 48.5 Å². The molecule has 0 spiro atoms. The van der Waals surface area contributed by atoms with E-state index < -0.39 is 0 Å². The van der Waals surface area contributed by atoms with Gasteiger partial charge in [0.25, 0.3) is 0 Å². The van der Waals surface area contributed by atoms with Crippen molar-refractivity contribution in [3.63, 3.8) is 0 Å². The van der Waals surface area contributed by atoms with Gasteiger partial charge in [-0.05, 0) is 30.3 Å². The lowest BCUT2D eigenvalue weighted by atomic mass is 10.2. The van der Waals surface area contributed by atoms with Crippen LogP contribution in [0.15, 0.2) is 60.8 Å². The number of nitrogens with zero attached hydrogens (tertiary/aromatic N) is 3. The van der Waals surface area contributed by atoms with Gasteiger partial charge in [0.15, 0.2) is 0 Å². The highest BCUT2D eigenvalue weighted by molar-refractivity contribution is 6.03. The van der Waals surface area contributed by atoms with E-state index in [2.05, 4.69) is 20.2 Å². The smallest absolute Gasteiger partial charge is 0.248 e. The van der Waals surface area contributed by atoms with Gasteiger partial charge in [-0.25, -0.2) is 4.98 Å². The molecular weight excluding hydrogens is 340 g/mol. The fourth-order valence-electron chi connectivity index (χ4n) is 3.05. The molecule has 1 saturated heterocycles. The minimum Gasteiger partial charge on any atom is -0.378 e. The average molecular weight is 360 g/mol. The Morgan fingerprint density at radius 2 is 1.78 bits per heavy atom. The Morgan fingerprint density at radius 1 is 1.04 bits per heavy atom. The van der Waals surface area contributed by atoms with Gasteiger partial charge >= 0.3 is 0 Å². The van der Waals surface area contributed by atoms with Crippen molar-refractivity contribution in [2.75, 3.05) is 36.5 Å². The summed E-state index contributed by atoms with van der Waals surface area (Å²) in [5, 5.41) is 2.96. The second-order valence-corrected chi connectivity index (χ2v) is 6.22. The SMILES string of the molecule is O=C(/C=C/c1cnc2ccccc2n1)Nc1ccccc1N1CCOCC1. The molecule has 1 amide bonds. The Hall–Kier alpha value is -3.25. The number of benzene rings is 2. The molecule has 0 aliphatic carbocycles. The van der Waals surface area contributed by atoms with Crippen molar-refractivity contribution in [3.05, 3.63) is 66.5 Å². The second-order valence-electron chi connectivity index (χ2n) is 6.22. The summed E-state index contributed by atoms with van der Waals surface area (Å²) in [4.78, 5) is 23.5. The average Bonchev–Trinajstić information content (AvgIpc) is 2.73. The van der Waals surface area contributed by atoms with Crippen LogP contribution in [0.4, 0.5) is 11.4 Å². The molecule has 3 aromatic rings. The van der Waals surface area contributed by atoms with Gasteiger partial charge in [-0.1, -0.05) is 24.3 Å². The number of carbonyl (C=O) groups is 1. The van der Waals surface area contributed by atoms with Crippen molar-refractivity contribution in [1.82, 2.24) is 9.97 Å². The van der Waals surface area contributed by atoms with Crippen molar-refractivity contribution in [1.29, 1.82) is 0 Å². The Bertz CT molecular complexity index is 981. The lowest BCUT2D eigenvalue weighted by Gasteiger charge is -2.30. The van der Waals surface area contributed by atoms with Crippen molar-refractivity contribution in [2.45, 2.75) is 0 Å². The molecular formula is C21H20N4O2. The standard InChI is InChI=1S/C21H20N4O2/c26-21(10-9-16-15-22-17-5-1-2-6-18(17)23-16)24-19-7-3-4-8-20(19)25-11-13-27-14-12-25/h1-10,15H,11-14H2,(H,24,26)/b10-9+. The number of ether oxygens (including phenoxy) is 1. The first-order valence-electron chi connectivity index (χ1n) is 8.92. The number of amides is 1. The van der Waals surface area contributed by atoms with Crippen molar-refractivity contribution in [2.24, 2.45) is 0 Å². The van der Waals surface area contributed by atoms with Crippen molar-refractivity contribution >= 4 is 34.4 Å². The van der Waals surface area contributed by atoms with Crippen LogP contribution in [-0.4, -0.2) is 42.2 Å². The number of carbonyl (C=O) groups excluding carboxylic acids is 1. The molecule has 0 radical (unpaired) electrons. The van der Waals surface area contributed by atoms with E-state index in [1.54, 1.807) is 12.3 Å². The Balaban J connectivity index is 1.48. The Labute approximate surface area is 157 Å². The van der Waals surface area contributed by atoms with E-state index >= 15 is 0 Å². The van der Waals surface area contributed by atoms with E-state index in [0.29, 0.717) is 18.9 Å². The number of rotatable bonds is 4. The van der Waals surface area contributed by atoms with Gasteiger partial charge in [0.05, 0.1) is 47.5 Å². The van der Waals surface area contributed by atoms with Crippen LogP contribution in [0.5, 0.6) is 0 Å². The van der Waals surface area contributed by atoms with E-state index in [9.17, 15) is 4.79 Å². The minimum atomic E-state index is -0.203. The number of anilines is 2. The largest absolute Gasteiger partial charge is 0.378 e.